The maximum absolute atomic E-state index is 12.6. The second kappa shape index (κ2) is 8.83. The minimum Gasteiger partial charge on any atom is -0.461 e. The highest BCUT2D eigenvalue weighted by molar-refractivity contribution is 7.99. The van der Waals surface area contributed by atoms with Crippen molar-refractivity contribution in [3.8, 4) is 0 Å². The van der Waals surface area contributed by atoms with Gasteiger partial charge in [0.05, 0.1) is 21.7 Å². The van der Waals surface area contributed by atoms with Crippen molar-refractivity contribution in [2.45, 2.75) is 19.9 Å². The van der Waals surface area contributed by atoms with Crippen LogP contribution in [0.2, 0.25) is 10.0 Å². The molecule has 5 nitrogen and oxygen atoms in total. The number of carbonyl (C=O) groups is 2. The Balaban J connectivity index is 2.33. The molecule has 25 heavy (non-hydrogen) atoms. The van der Waals surface area contributed by atoms with Crippen molar-refractivity contribution in [3.63, 3.8) is 0 Å². The molecule has 0 aliphatic carbocycles. The zero-order valence-corrected chi connectivity index (χ0v) is 16.6. The number of rotatable bonds is 6. The van der Waals surface area contributed by atoms with Crippen LogP contribution < -0.4 is 5.32 Å². The summed E-state index contributed by atoms with van der Waals surface area (Å²) in [5, 5.41) is 3.58. The highest BCUT2D eigenvalue weighted by Crippen LogP contribution is 2.33. The standard InChI is InChI=1S/C17H20Cl2N2O3S/c1-4-25-8-7-24-16(22)14-10(2)21(3)17(23)20-15(14)11-5-6-12(18)13(19)9-11/h5-6,9,15H,4,7-8H2,1-3H3,(H,20,23)/t15-/m1/s1. The number of allylic oxidation sites excluding steroid dienone is 1. The van der Waals surface area contributed by atoms with Crippen molar-refractivity contribution in [2.75, 3.05) is 25.2 Å². The van der Waals surface area contributed by atoms with Gasteiger partial charge in [0.1, 0.15) is 6.61 Å². The largest absolute Gasteiger partial charge is 0.461 e. The fourth-order valence-electron chi connectivity index (χ4n) is 2.46. The number of hydrogen-bond acceptors (Lipinski definition) is 4. The SMILES string of the molecule is CCSCCOC(=O)C1=C(C)N(C)C(=O)N[C@@H]1c1ccc(Cl)c(Cl)c1. The van der Waals surface area contributed by atoms with Gasteiger partial charge in [0.15, 0.2) is 0 Å². The number of thioether (sulfide) groups is 1. The number of halogens is 2. The molecule has 1 heterocycles. The Labute approximate surface area is 161 Å². The fourth-order valence-corrected chi connectivity index (χ4v) is 3.25. The number of ether oxygens (including phenoxy) is 1. The average Bonchev–Trinajstić information content (AvgIpc) is 2.58. The van der Waals surface area contributed by atoms with Crippen molar-refractivity contribution in [3.05, 3.63) is 45.1 Å². The van der Waals surface area contributed by atoms with Crippen LogP contribution in [0, 0.1) is 0 Å². The van der Waals surface area contributed by atoms with E-state index in [9.17, 15) is 9.59 Å². The van der Waals surface area contributed by atoms with Crippen LogP contribution >= 0.6 is 35.0 Å². The molecular weight excluding hydrogens is 383 g/mol. The molecule has 8 heteroatoms. The molecule has 0 radical (unpaired) electrons. The molecule has 1 aromatic carbocycles. The van der Waals surface area contributed by atoms with Crippen molar-refractivity contribution in [2.24, 2.45) is 0 Å². The summed E-state index contributed by atoms with van der Waals surface area (Å²) in [7, 11) is 1.61. The van der Waals surface area contributed by atoms with Gasteiger partial charge in [-0.15, -0.1) is 0 Å². The third kappa shape index (κ3) is 4.63. The van der Waals surface area contributed by atoms with Gasteiger partial charge in [-0.25, -0.2) is 9.59 Å². The first-order valence-corrected chi connectivity index (χ1v) is 9.72. The first-order chi connectivity index (χ1) is 11.9. The molecule has 0 aromatic heterocycles. The molecule has 2 rings (SSSR count). The summed E-state index contributed by atoms with van der Waals surface area (Å²) in [6, 6.07) is 4.09. The van der Waals surface area contributed by atoms with Crippen LogP contribution in [0.4, 0.5) is 4.79 Å². The second-order valence-electron chi connectivity index (χ2n) is 5.45. The maximum Gasteiger partial charge on any atom is 0.338 e. The van der Waals surface area contributed by atoms with E-state index in [1.165, 1.54) is 4.90 Å². The molecule has 136 valence electrons. The molecule has 1 atom stereocenters. The van der Waals surface area contributed by atoms with Crippen LogP contribution in [0.3, 0.4) is 0 Å². The zero-order chi connectivity index (χ0) is 18.6. The van der Waals surface area contributed by atoms with E-state index in [0.717, 1.165) is 11.5 Å². The lowest BCUT2D eigenvalue weighted by Gasteiger charge is -2.33. The lowest BCUT2D eigenvalue weighted by Crippen LogP contribution is -2.46. The Kier molecular flexibility index (Phi) is 7.04. The summed E-state index contributed by atoms with van der Waals surface area (Å²) in [5.41, 5.74) is 1.61. The molecule has 0 spiro atoms. The van der Waals surface area contributed by atoms with Gasteiger partial charge in [-0.1, -0.05) is 36.2 Å². The van der Waals surface area contributed by atoms with E-state index >= 15 is 0 Å². The van der Waals surface area contributed by atoms with Gasteiger partial charge in [0.2, 0.25) is 0 Å². The van der Waals surface area contributed by atoms with E-state index in [1.54, 1.807) is 43.9 Å². The van der Waals surface area contributed by atoms with Crippen molar-refractivity contribution in [1.82, 2.24) is 10.2 Å². The summed E-state index contributed by atoms with van der Waals surface area (Å²) in [6.45, 7) is 4.09. The van der Waals surface area contributed by atoms with Crippen molar-refractivity contribution < 1.29 is 14.3 Å². The second-order valence-corrected chi connectivity index (χ2v) is 7.66. The average molecular weight is 403 g/mol. The number of benzene rings is 1. The van der Waals surface area contributed by atoms with E-state index in [1.807, 2.05) is 6.92 Å². The quantitative estimate of drug-likeness (QED) is 0.570. The number of nitrogens with zero attached hydrogens (tertiary/aromatic N) is 1. The van der Waals surface area contributed by atoms with Gasteiger partial charge >= 0.3 is 12.0 Å². The molecule has 0 saturated heterocycles. The first-order valence-electron chi connectivity index (χ1n) is 7.81. The summed E-state index contributed by atoms with van der Waals surface area (Å²) >= 11 is 13.7. The molecule has 0 bridgehead atoms. The Morgan fingerprint density at radius 3 is 2.72 bits per heavy atom. The van der Waals surface area contributed by atoms with Crippen LogP contribution in [0.15, 0.2) is 29.5 Å². The van der Waals surface area contributed by atoms with Crippen LogP contribution in [-0.2, 0) is 9.53 Å². The van der Waals surface area contributed by atoms with Gasteiger partial charge in [-0.3, -0.25) is 0 Å². The van der Waals surface area contributed by atoms with Gasteiger partial charge in [0.25, 0.3) is 0 Å². The third-order valence-electron chi connectivity index (χ3n) is 3.92. The van der Waals surface area contributed by atoms with Gasteiger partial charge in [-0.2, -0.15) is 11.8 Å². The topological polar surface area (TPSA) is 58.6 Å². The van der Waals surface area contributed by atoms with Crippen LogP contribution in [0.25, 0.3) is 0 Å². The molecule has 1 aromatic rings. The lowest BCUT2D eigenvalue weighted by atomic mass is 9.95. The van der Waals surface area contributed by atoms with E-state index in [0.29, 0.717) is 33.5 Å². The number of amides is 2. The Hall–Kier alpha value is -1.37. The molecule has 2 amide bonds. The van der Waals surface area contributed by atoms with Gasteiger partial charge < -0.3 is 15.0 Å². The first kappa shape index (κ1) is 19.9. The Bertz CT molecular complexity index is 709. The minimum atomic E-state index is -0.634. The maximum atomic E-state index is 12.6. The van der Waals surface area contributed by atoms with Crippen LogP contribution in [0.1, 0.15) is 25.5 Å². The normalized spacial score (nSPS) is 17.6. The van der Waals surface area contributed by atoms with Gasteiger partial charge in [0, 0.05) is 18.5 Å². The molecule has 0 fully saturated rings. The summed E-state index contributed by atoms with van der Waals surface area (Å²) in [4.78, 5) is 26.2. The number of urea groups is 1. The third-order valence-corrected chi connectivity index (χ3v) is 5.52. The number of carbonyl (C=O) groups excluding carboxylic acids is 2. The monoisotopic (exact) mass is 402 g/mol. The Morgan fingerprint density at radius 2 is 2.08 bits per heavy atom. The minimum absolute atomic E-state index is 0.299. The Morgan fingerprint density at radius 1 is 1.36 bits per heavy atom. The van der Waals surface area contributed by atoms with Gasteiger partial charge in [-0.05, 0) is 30.4 Å². The highest BCUT2D eigenvalue weighted by atomic mass is 35.5. The number of hydrogen-bond donors (Lipinski definition) is 1. The molecular formula is C17H20Cl2N2O3S. The van der Waals surface area contributed by atoms with E-state index < -0.39 is 12.0 Å². The lowest BCUT2D eigenvalue weighted by molar-refractivity contribution is -0.139. The van der Waals surface area contributed by atoms with Crippen LogP contribution in [-0.4, -0.2) is 42.1 Å². The predicted octanol–water partition coefficient (Wildman–Crippen LogP) is 4.26. The smallest absolute Gasteiger partial charge is 0.338 e. The van der Waals surface area contributed by atoms with E-state index in [2.05, 4.69) is 5.32 Å². The van der Waals surface area contributed by atoms with E-state index in [-0.39, 0.29) is 6.03 Å². The molecule has 0 unspecified atom stereocenters. The summed E-state index contributed by atoms with van der Waals surface area (Å²) in [5.74, 6) is 1.25. The number of nitrogens with one attached hydrogen (secondary N) is 1. The predicted molar refractivity (Wildman–Crippen MR) is 102 cm³/mol. The highest BCUT2D eigenvalue weighted by Gasteiger charge is 2.35. The summed E-state index contributed by atoms with van der Waals surface area (Å²) in [6.07, 6.45) is 0. The van der Waals surface area contributed by atoms with Crippen molar-refractivity contribution in [1.29, 1.82) is 0 Å². The van der Waals surface area contributed by atoms with Crippen LogP contribution in [0.5, 0.6) is 0 Å². The zero-order valence-electron chi connectivity index (χ0n) is 14.3. The fraction of sp³-hybridized carbons (Fsp3) is 0.412. The molecule has 0 saturated carbocycles. The van der Waals surface area contributed by atoms with E-state index in [4.69, 9.17) is 27.9 Å². The number of esters is 1. The summed E-state index contributed by atoms with van der Waals surface area (Å²) < 4.78 is 5.39. The van der Waals surface area contributed by atoms with Crippen molar-refractivity contribution >= 4 is 47.0 Å². The molecule has 1 aliphatic heterocycles. The molecule has 1 N–H and O–H groups in total. The molecule has 1 aliphatic rings.